The zero-order valence-electron chi connectivity index (χ0n) is 9.20. The standard InChI is InChI=1S/C10H24N2/c1-9(2)6-7-12-8-10(3,4)11-5/h9,11-12H,6-8H2,1-5H3. The summed E-state index contributed by atoms with van der Waals surface area (Å²) in [7, 11) is 2.00. The topological polar surface area (TPSA) is 24.1 Å². The summed E-state index contributed by atoms with van der Waals surface area (Å²) in [5, 5.41) is 6.71. The Morgan fingerprint density at radius 1 is 1.25 bits per heavy atom. The molecule has 0 saturated heterocycles. The van der Waals surface area contributed by atoms with Crippen molar-refractivity contribution in [1.82, 2.24) is 10.6 Å². The first-order chi connectivity index (χ1) is 5.48. The quantitative estimate of drug-likeness (QED) is 0.595. The molecule has 0 aromatic rings. The molecule has 2 heteroatoms. The van der Waals surface area contributed by atoms with Gasteiger partial charge in [-0.3, -0.25) is 0 Å². The summed E-state index contributed by atoms with van der Waals surface area (Å²) >= 11 is 0. The maximum absolute atomic E-state index is 3.45. The van der Waals surface area contributed by atoms with Crippen LogP contribution in [0.15, 0.2) is 0 Å². The molecule has 0 fully saturated rings. The van der Waals surface area contributed by atoms with Gasteiger partial charge in [-0.1, -0.05) is 13.8 Å². The Labute approximate surface area is 77.1 Å². The van der Waals surface area contributed by atoms with E-state index in [1.165, 1.54) is 6.42 Å². The van der Waals surface area contributed by atoms with Gasteiger partial charge in [0.2, 0.25) is 0 Å². The fourth-order valence-corrected chi connectivity index (χ4v) is 0.880. The van der Waals surface area contributed by atoms with Crippen molar-refractivity contribution in [3.05, 3.63) is 0 Å². The highest BCUT2D eigenvalue weighted by Crippen LogP contribution is 1.99. The zero-order valence-corrected chi connectivity index (χ0v) is 9.20. The molecule has 0 aromatic carbocycles. The van der Waals surface area contributed by atoms with Crippen LogP contribution in [-0.4, -0.2) is 25.7 Å². The molecule has 0 amide bonds. The Morgan fingerprint density at radius 3 is 2.25 bits per heavy atom. The van der Waals surface area contributed by atoms with Crippen LogP contribution < -0.4 is 10.6 Å². The number of nitrogens with one attached hydrogen (secondary N) is 2. The van der Waals surface area contributed by atoms with E-state index in [2.05, 4.69) is 38.3 Å². The first-order valence-electron chi connectivity index (χ1n) is 4.87. The maximum Gasteiger partial charge on any atom is 0.0246 e. The highest BCUT2D eigenvalue weighted by atomic mass is 15.0. The predicted molar refractivity (Wildman–Crippen MR) is 55.5 cm³/mol. The van der Waals surface area contributed by atoms with Crippen LogP contribution in [0.2, 0.25) is 0 Å². The van der Waals surface area contributed by atoms with Gasteiger partial charge in [0.05, 0.1) is 0 Å². The van der Waals surface area contributed by atoms with Gasteiger partial charge in [-0.05, 0) is 39.8 Å². The molecule has 0 saturated carbocycles. The molecule has 0 spiro atoms. The van der Waals surface area contributed by atoms with E-state index in [1.54, 1.807) is 0 Å². The molecule has 2 nitrogen and oxygen atoms in total. The fourth-order valence-electron chi connectivity index (χ4n) is 0.880. The van der Waals surface area contributed by atoms with Crippen LogP contribution in [0.25, 0.3) is 0 Å². The summed E-state index contributed by atoms with van der Waals surface area (Å²) in [6.07, 6.45) is 1.26. The summed E-state index contributed by atoms with van der Waals surface area (Å²) in [5.74, 6) is 0.801. The average molecular weight is 172 g/mol. The van der Waals surface area contributed by atoms with Gasteiger partial charge in [0.1, 0.15) is 0 Å². The van der Waals surface area contributed by atoms with Gasteiger partial charge in [-0.15, -0.1) is 0 Å². The lowest BCUT2D eigenvalue weighted by Gasteiger charge is -2.24. The van der Waals surface area contributed by atoms with Crippen molar-refractivity contribution >= 4 is 0 Å². The molecular formula is C10H24N2. The Bertz CT molecular complexity index is 108. The normalized spacial score (nSPS) is 12.5. The van der Waals surface area contributed by atoms with Gasteiger partial charge in [-0.2, -0.15) is 0 Å². The summed E-state index contributed by atoms with van der Waals surface area (Å²) in [6, 6.07) is 0. The number of hydrogen-bond donors (Lipinski definition) is 2. The average Bonchev–Trinajstić information content (AvgIpc) is 1.98. The molecule has 0 aromatic heterocycles. The Kier molecular flexibility index (Phi) is 5.51. The number of likely N-dealkylation sites (N-methyl/N-ethyl adjacent to an activating group) is 1. The number of rotatable bonds is 6. The molecule has 0 heterocycles. The smallest absolute Gasteiger partial charge is 0.0246 e. The van der Waals surface area contributed by atoms with E-state index in [0.29, 0.717) is 0 Å². The van der Waals surface area contributed by atoms with E-state index in [1.807, 2.05) is 7.05 Å². The van der Waals surface area contributed by atoms with E-state index in [9.17, 15) is 0 Å². The van der Waals surface area contributed by atoms with E-state index < -0.39 is 0 Å². The van der Waals surface area contributed by atoms with Crippen LogP contribution in [-0.2, 0) is 0 Å². The highest BCUT2D eigenvalue weighted by molar-refractivity contribution is 4.77. The van der Waals surface area contributed by atoms with Gasteiger partial charge in [0.15, 0.2) is 0 Å². The molecule has 0 radical (unpaired) electrons. The number of hydrogen-bond acceptors (Lipinski definition) is 2. The molecular weight excluding hydrogens is 148 g/mol. The second-order valence-corrected chi connectivity index (χ2v) is 4.49. The van der Waals surface area contributed by atoms with Crippen molar-refractivity contribution in [1.29, 1.82) is 0 Å². The second kappa shape index (κ2) is 5.55. The summed E-state index contributed by atoms with van der Waals surface area (Å²) in [4.78, 5) is 0. The molecule has 0 aliphatic carbocycles. The van der Waals surface area contributed by atoms with Gasteiger partial charge in [0, 0.05) is 12.1 Å². The minimum absolute atomic E-state index is 0.219. The van der Waals surface area contributed by atoms with E-state index in [4.69, 9.17) is 0 Å². The molecule has 0 rings (SSSR count). The van der Waals surface area contributed by atoms with Crippen LogP contribution in [0.5, 0.6) is 0 Å². The third-order valence-electron chi connectivity index (χ3n) is 2.14. The van der Waals surface area contributed by atoms with E-state index in [-0.39, 0.29) is 5.54 Å². The molecule has 0 aliphatic heterocycles. The van der Waals surface area contributed by atoms with Crippen LogP contribution in [0.3, 0.4) is 0 Å². The third-order valence-corrected chi connectivity index (χ3v) is 2.14. The van der Waals surface area contributed by atoms with Crippen LogP contribution in [0.1, 0.15) is 34.1 Å². The van der Waals surface area contributed by atoms with E-state index in [0.717, 1.165) is 19.0 Å². The first-order valence-corrected chi connectivity index (χ1v) is 4.87. The first kappa shape index (κ1) is 11.9. The zero-order chi connectivity index (χ0) is 9.61. The summed E-state index contributed by atoms with van der Waals surface area (Å²) in [6.45, 7) is 11.1. The molecule has 0 atom stereocenters. The minimum atomic E-state index is 0.219. The fraction of sp³-hybridized carbons (Fsp3) is 1.00. The summed E-state index contributed by atoms with van der Waals surface area (Å²) < 4.78 is 0. The SMILES string of the molecule is CNC(C)(C)CNCCC(C)C. The van der Waals surface area contributed by atoms with Gasteiger partial charge in [0.25, 0.3) is 0 Å². The Morgan fingerprint density at radius 2 is 1.83 bits per heavy atom. The lowest BCUT2D eigenvalue weighted by molar-refractivity contribution is 0.386. The largest absolute Gasteiger partial charge is 0.315 e. The van der Waals surface area contributed by atoms with Gasteiger partial charge in [-0.25, -0.2) is 0 Å². The van der Waals surface area contributed by atoms with Gasteiger partial charge >= 0.3 is 0 Å². The van der Waals surface area contributed by atoms with Crippen LogP contribution in [0, 0.1) is 5.92 Å². The van der Waals surface area contributed by atoms with Crippen molar-refractivity contribution in [2.45, 2.75) is 39.7 Å². The minimum Gasteiger partial charge on any atom is -0.315 e. The van der Waals surface area contributed by atoms with Gasteiger partial charge < -0.3 is 10.6 Å². The molecule has 74 valence electrons. The Balaban J connectivity index is 3.31. The lowest BCUT2D eigenvalue weighted by Crippen LogP contribution is -2.45. The molecule has 0 bridgehead atoms. The van der Waals surface area contributed by atoms with Crippen molar-refractivity contribution < 1.29 is 0 Å². The molecule has 2 N–H and O–H groups in total. The second-order valence-electron chi connectivity index (χ2n) is 4.49. The predicted octanol–water partition coefficient (Wildman–Crippen LogP) is 1.62. The molecule has 0 unspecified atom stereocenters. The summed E-state index contributed by atoms with van der Waals surface area (Å²) in [5.41, 5.74) is 0.219. The van der Waals surface area contributed by atoms with Crippen molar-refractivity contribution in [2.75, 3.05) is 20.1 Å². The van der Waals surface area contributed by atoms with Crippen LogP contribution >= 0.6 is 0 Å². The molecule has 0 aliphatic rings. The Hall–Kier alpha value is -0.0800. The van der Waals surface area contributed by atoms with Crippen molar-refractivity contribution in [2.24, 2.45) is 5.92 Å². The van der Waals surface area contributed by atoms with Crippen LogP contribution in [0.4, 0.5) is 0 Å². The third kappa shape index (κ3) is 6.62. The highest BCUT2D eigenvalue weighted by Gasteiger charge is 2.12. The monoisotopic (exact) mass is 172 g/mol. The van der Waals surface area contributed by atoms with E-state index >= 15 is 0 Å². The lowest BCUT2D eigenvalue weighted by atomic mass is 10.1. The molecule has 12 heavy (non-hydrogen) atoms. The maximum atomic E-state index is 3.45. The van der Waals surface area contributed by atoms with Crippen molar-refractivity contribution in [3.8, 4) is 0 Å². The van der Waals surface area contributed by atoms with Crippen molar-refractivity contribution in [3.63, 3.8) is 0 Å².